The fourth-order valence-corrected chi connectivity index (χ4v) is 4.93. The van der Waals surface area contributed by atoms with Crippen molar-refractivity contribution in [3.8, 4) is 0 Å². The summed E-state index contributed by atoms with van der Waals surface area (Å²) < 4.78 is 5.94. The Labute approximate surface area is 173 Å². The van der Waals surface area contributed by atoms with Crippen LogP contribution < -0.4 is 5.32 Å². The van der Waals surface area contributed by atoms with E-state index in [1.54, 1.807) is 0 Å². The average molecular weight is 394 g/mol. The number of ketones is 1. The molecule has 1 aromatic carbocycles. The summed E-state index contributed by atoms with van der Waals surface area (Å²) in [5.41, 5.74) is 5.43. The van der Waals surface area contributed by atoms with E-state index in [-0.39, 0.29) is 23.8 Å². The van der Waals surface area contributed by atoms with Crippen LogP contribution >= 0.6 is 0 Å². The Morgan fingerprint density at radius 3 is 2.48 bits per heavy atom. The molecule has 1 aromatic rings. The van der Waals surface area contributed by atoms with Gasteiger partial charge < -0.3 is 10.1 Å². The van der Waals surface area contributed by atoms with Crippen LogP contribution in [0.5, 0.6) is 0 Å². The van der Waals surface area contributed by atoms with Crippen LogP contribution in [0, 0.1) is 0 Å². The van der Waals surface area contributed by atoms with Crippen molar-refractivity contribution in [3.05, 3.63) is 57.9 Å². The third-order valence-corrected chi connectivity index (χ3v) is 6.54. The minimum atomic E-state index is -0.332. The smallest absolute Gasteiger partial charge is 0.337 e. The Morgan fingerprint density at radius 1 is 1.07 bits per heavy atom. The van der Waals surface area contributed by atoms with E-state index in [0.29, 0.717) is 12.0 Å². The maximum Gasteiger partial charge on any atom is 0.337 e. The summed E-state index contributed by atoms with van der Waals surface area (Å²) in [6.45, 7) is 4.07. The van der Waals surface area contributed by atoms with E-state index < -0.39 is 0 Å². The number of allylic oxidation sites excluding steroid dienone is 3. The molecule has 3 aliphatic rings. The molecular formula is C25H31NO3. The van der Waals surface area contributed by atoms with E-state index in [2.05, 4.69) is 36.5 Å². The van der Waals surface area contributed by atoms with Crippen LogP contribution in [-0.2, 0) is 20.7 Å². The maximum absolute atomic E-state index is 13.3. The Bertz CT molecular complexity index is 857. The van der Waals surface area contributed by atoms with Crippen LogP contribution in [0.2, 0.25) is 0 Å². The molecule has 29 heavy (non-hydrogen) atoms. The number of ether oxygens (including phenoxy) is 1. The summed E-state index contributed by atoms with van der Waals surface area (Å²) in [7, 11) is 0. The lowest BCUT2D eigenvalue weighted by atomic mass is 9.75. The summed E-state index contributed by atoms with van der Waals surface area (Å²) in [5, 5.41) is 3.38. The van der Waals surface area contributed by atoms with Gasteiger partial charge in [0.1, 0.15) is 6.10 Å². The Hall–Kier alpha value is -2.36. The summed E-state index contributed by atoms with van der Waals surface area (Å²) in [4.78, 5) is 26.2. The van der Waals surface area contributed by atoms with Gasteiger partial charge in [-0.05, 0) is 63.0 Å². The number of hydrogen-bond acceptors (Lipinski definition) is 4. The van der Waals surface area contributed by atoms with Gasteiger partial charge in [-0.25, -0.2) is 4.79 Å². The molecule has 0 saturated heterocycles. The van der Waals surface area contributed by atoms with Crippen molar-refractivity contribution in [2.45, 2.75) is 83.7 Å². The van der Waals surface area contributed by atoms with E-state index in [0.717, 1.165) is 67.5 Å². The molecule has 1 aliphatic heterocycles. The normalized spacial score (nSPS) is 23.0. The summed E-state index contributed by atoms with van der Waals surface area (Å²) in [6, 6.07) is 8.35. The molecule has 0 aromatic heterocycles. The first-order valence-corrected chi connectivity index (χ1v) is 11.1. The number of hydrogen-bond donors (Lipinski definition) is 1. The summed E-state index contributed by atoms with van der Waals surface area (Å²) >= 11 is 0. The molecule has 0 radical (unpaired) electrons. The number of nitrogens with one attached hydrogen (secondary N) is 1. The number of aryl methyl sites for hydroxylation is 1. The highest BCUT2D eigenvalue weighted by Crippen LogP contribution is 2.42. The molecule has 1 fully saturated rings. The van der Waals surface area contributed by atoms with Crippen molar-refractivity contribution < 1.29 is 14.3 Å². The molecule has 4 rings (SSSR count). The molecule has 4 heteroatoms. The molecule has 0 bridgehead atoms. The number of carbonyl (C=O) groups excluding carboxylic acids is 2. The van der Waals surface area contributed by atoms with Crippen LogP contribution in [0.1, 0.15) is 82.3 Å². The van der Waals surface area contributed by atoms with Crippen molar-refractivity contribution in [1.82, 2.24) is 5.32 Å². The van der Waals surface area contributed by atoms with Crippen molar-refractivity contribution in [3.63, 3.8) is 0 Å². The van der Waals surface area contributed by atoms with Gasteiger partial charge >= 0.3 is 5.97 Å². The SMILES string of the molecule is CCc1ccc([C@@H]2C(C(=O)OC3CCCCC3)=C(C)NC3=C2C(=O)CCC3)cc1. The van der Waals surface area contributed by atoms with Crippen molar-refractivity contribution in [1.29, 1.82) is 0 Å². The van der Waals surface area contributed by atoms with Crippen LogP contribution in [-0.4, -0.2) is 17.9 Å². The number of carbonyl (C=O) groups is 2. The second-order valence-electron chi connectivity index (χ2n) is 8.53. The molecule has 154 valence electrons. The third-order valence-electron chi connectivity index (χ3n) is 6.54. The highest BCUT2D eigenvalue weighted by molar-refractivity contribution is 6.03. The van der Waals surface area contributed by atoms with Crippen LogP contribution in [0.3, 0.4) is 0 Å². The van der Waals surface area contributed by atoms with Gasteiger partial charge in [-0.3, -0.25) is 4.79 Å². The monoisotopic (exact) mass is 393 g/mol. The van der Waals surface area contributed by atoms with Crippen molar-refractivity contribution in [2.75, 3.05) is 0 Å². The first-order chi connectivity index (χ1) is 14.1. The molecular weight excluding hydrogens is 362 g/mol. The minimum Gasteiger partial charge on any atom is -0.459 e. The lowest BCUT2D eigenvalue weighted by Gasteiger charge is -2.35. The molecule has 1 atom stereocenters. The van der Waals surface area contributed by atoms with Gasteiger partial charge in [0.05, 0.1) is 5.57 Å². The predicted molar refractivity (Wildman–Crippen MR) is 113 cm³/mol. The molecule has 1 heterocycles. The van der Waals surface area contributed by atoms with E-state index in [1.165, 1.54) is 12.0 Å². The zero-order valence-electron chi connectivity index (χ0n) is 17.6. The lowest BCUT2D eigenvalue weighted by molar-refractivity contribution is -0.146. The molecule has 0 unspecified atom stereocenters. The van der Waals surface area contributed by atoms with Crippen molar-refractivity contribution in [2.24, 2.45) is 0 Å². The highest BCUT2D eigenvalue weighted by Gasteiger charge is 2.39. The molecule has 1 saturated carbocycles. The number of Topliss-reactive ketones (excluding diaryl/α,β-unsaturated/α-hetero) is 1. The van der Waals surface area contributed by atoms with Gasteiger partial charge in [0, 0.05) is 29.3 Å². The summed E-state index contributed by atoms with van der Waals surface area (Å²) in [6.07, 6.45) is 8.55. The quantitative estimate of drug-likeness (QED) is 0.724. The van der Waals surface area contributed by atoms with Gasteiger partial charge in [0.2, 0.25) is 0 Å². The average Bonchev–Trinajstić information content (AvgIpc) is 2.73. The zero-order chi connectivity index (χ0) is 20.4. The Morgan fingerprint density at radius 2 is 1.79 bits per heavy atom. The fourth-order valence-electron chi connectivity index (χ4n) is 4.93. The zero-order valence-corrected chi connectivity index (χ0v) is 17.6. The molecule has 0 amide bonds. The van der Waals surface area contributed by atoms with Crippen molar-refractivity contribution >= 4 is 11.8 Å². The number of esters is 1. The van der Waals surface area contributed by atoms with E-state index in [9.17, 15) is 9.59 Å². The second kappa shape index (κ2) is 8.56. The predicted octanol–water partition coefficient (Wildman–Crippen LogP) is 5.09. The Kier molecular flexibility index (Phi) is 5.89. The highest BCUT2D eigenvalue weighted by atomic mass is 16.5. The molecule has 1 N–H and O–H groups in total. The second-order valence-corrected chi connectivity index (χ2v) is 8.53. The minimum absolute atomic E-state index is 0.00268. The van der Waals surface area contributed by atoms with Gasteiger partial charge in [-0.15, -0.1) is 0 Å². The standard InChI is InChI=1S/C25H31NO3/c1-3-17-12-14-18(15-13-17)23-22(25(28)29-19-8-5-4-6-9-19)16(2)26-20-10-7-11-21(27)24(20)23/h12-15,19,23,26H,3-11H2,1-2H3/t23-/m1/s1. The lowest BCUT2D eigenvalue weighted by Crippen LogP contribution is -2.35. The van der Waals surface area contributed by atoms with Crippen LogP contribution in [0.4, 0.5) is 0 Å². The molecule has 2 aliphatic carbocycles. The van der Waals surface area contributed by atoms with E-state index >= 15 is 0 Å². The van der Waals surface area contributed by atoms with Crippen LogP contribution in [0.15, 0.2) is 46.8 Å². The first-order valence-electron chi connectivity index (χ1n) is 11.1. The fraction of sp³-hybridized carbons (Fsp3) is 0.520. The van der Waals surface area contributed by atoms with E-state index in [1.807, 2.05) is 6.92 Å². The van der Waals surface area contributed by atoms with E-state index in [4.69, 9.17) is 4.74 Å². The molecule has 0 spiro atoms. The Balaban J connectivity index is 1.72. The van der Waals surface area contributed by atoms with Gasteiger partial charge in [-0.2, -0.15) is 0 Å². The number of dihydropyridines is 1. The number of benzene rings is 1. The van der Waals surface area contributed by atoms with Gasteiger partial charge in [-0.1, -0.05) is 37.6 Å². The summed E-state index contributed by atoms with van der Waals surface area (Å²) in [5.74, 6) is -0.448. The maximum atomic E-state index is 13.3. The molecule has 4 nitrogen and oxygen atoms in total. The number of rotatable bonds is 4. The largest absolute Gasteiger partial charge is 0.459 e. The van der Waals surface area contributed by atoms with Gasteiger partial charge in [0.15, 0.2) is 5.78 Å². The van der Waals surface area contributed by atoms with Gasteiger partial charge in [0.25, 0.3) is 0 Å². The first kappa shape index (κ1) is 19.9. The third kappa shape index (κ3) is 4.03. The topological polar surface area (TPSA) is 55.4 Å². The van der Waals surface area contributed by atoms with Crippen LogP contribution in [0.25, 0.3) is 0 Å².